The number of carbonyl (C=O) groups is 1. The van der Waals surface area contributed by atoms with Gasteiger partial charge in [0, 0.05) is 12.6 Å². The minimum absolute atomic E-state index is 0.0801. The van der Waals surface area contributed by atoms with Gasteiger partial charge in [-0.3, -0.25) is 4.79 Å². The van der Waals surface area contributed by atoms with Gasteiger partial charge in [0.25, 0.3) is 0 Å². The maximum Gasteiger partial charge on any atom is 0.239 e. The lowest BCUT2D eigenvalue weighted by Crippen LogP contribution is -2.53. The topological polar surface area (TPSA) is 32.3 Å². The summed E-state index contributed by atoms with van der Waals surface area (Å²) < 4.78 is 0. The van der Waals surface area contributed by atoms with E-state index in [-0.39, 0.29) is 6.04 Å². The summed E-state index contributed by atoms with van der Waals surface area (Å²) in [7, 11) is 0. The second-order valence-corrected chi connectivity index (χ2v) is 7.46. The van der Waals surface area contributed by atoms with Crippen LogP contribution in [0.4, 0.5) is 0 Å². The van der Waals surface area contributed by atoms with Gasteiger partial charge in [-0.25, -0.2) is 0 Å². The normalized spacial score (nSPS) is 27.2. The molecule has 0 aromatic rings. The van der Waals surface area contributed by atoms with Crippen LogP contribution in [0.3, 0.4) is 0 Å². The first-order chi connectivity index (χ1) is 10.1. The molecule has 3 heteroatoms. The van der Waals surface area contributed by atoms with E-state index in [1.165, 1.54) is 38.5 Å². The summed E-state index contributed by atoms with van der Waals surface area (Å²) in [6.45, 7) is 8.73. The number of piperidine rings is 1. The number of hydrogen-bond acceptors (Lipinski definition) is 2. The molecule has 0 radical (unpaired) electrons. The zero-order valence-corrected chi connectivity index (χ0v) is 14.2. The third kappa shape index (κ3) is 4.70. The van der Waals surface area contributed by atoms with Gasteiger partial charge in [-0.1, -0.05) is 40.0 Å². The van der Waals surface area contributed by atoms with Crippen LogP contribution >= 0.6 is 0 Å². The summed E-state index contributed by atoms with van der Waals surface area (Å²) in [6, 6.07) is 0.594. The van der Waals surface area contributed by atoms with Crippen LogP contribution in [0.15, 0.2) is 0 Å². The average Bonchev–Trinajstić information content (AvgIpc) is 3.01. The highest BCUT2D eigenvalue weighted by molar-refractivity contribution is 5.82. The molecule has 3 nitrogen and oxygen atoms in total. The van der Waals surface area contributed by atoms with Crippen molar-refractivity contribution in [3.05, 3.63) is 0 Å². The van der Waals surface area contributed by atoms with Crippen molar-refractivity contribution in [2.75, 3.05) is 13.1 Å². The van der Waals surface area contributed by atoms with Crippen LogP contribution in [0.5, 0.6) is 0 Å². The predicted octanol–water partition coefficient (Wildman–Crippen LogP) is 3.58. The molecule has 1 N–H and O–H groups in total. The van der Waals surface area contributed by atoms with Crippen LogP contribution in [0, 0.1) is 11.8 Å². The van der Waals surface area contributed by atoms with E-state index in [0.29, 0.717) is 17.9 Å². The van der Waals surface area contributed by atoms with Crippen molar-refractivity contribution in [1.82, 2.24) is 10.2 Å². The fourth-order valence-corrected chi connectivity index (χ4v) is 3.84. The van der Waals surface area contributed by atoms with Gasteiger partial charge in [0.15, 0.2) is 0 Å². The van der Waals surface area contributed by atoms with E-state index in [2.05, 4.69) is 31.0 Å². The summed E-state index contributed by atoms with van der Waals surface area (Å²) in [6.07, 6.45) is 9.64. The summed E-state index contributed by atoms with van der Waals surface area (Å²) in [5, 5.41) is 3.48. The van der Waals surface area contributed by atoms with Gasteiger partial charge in [-0.05, 0) is 50.5 Å². The van der Waals surface area contributed by atoms with E-state index in [4.69, 9.17) is 0 Å². The molecule has 1 amide bonds. The Morgan fingerprint density at radius 1 is 1.24 bits per heavy atom. The first kappa shape index (κ1) is 16.8. The van der Waals surface area contributed by atoms with Crippen molar-refractivity contribution in [3.63, 3.8) is 0 Å². The van der Waals surface area contributed by atoms with Crippen LogP contribution in [0.2, 0.25) is 0 Å². The van der Waals surface area contributed by atoms with Gasteiger partial charge in [-0.15, -0.1) is 0 Å². The SMILES string of the molecule is CCC1CCNC(C(=O)N(CCC(C)C)C2CCCC2)C1. The van der Waals surface area contributed by atoms with E-state index in [0.717, 1.165) is 31.8 Å². The van der Waals surface area contributed by atoms with Crippen LogP contribution in [0.25, 0.3) is 0 Å². The zero-order chi connectivity index (χ0) is 15.2. The average molecular weight is 294 g/mol. The first-order valence-corrected chi connectivity index (χ1v) is 9.15. The highest BCUT2D eigenvalue weighted by Crippen LogP contribution is 2.27. The summed E-state index contributed by atoms with van der Waals surface area (Å²) in [5.74, 6) is 1.79. The molecule has 1 heterocycles. The van der Waals surface area contributed by atoms with Crippen molar-refractivity contribution < 1.29 is 4.79 Å². The van der Waals surface area contributed by atoms with Crippen molar-refractivity contribution >= 4 is 5.91 Å². The Morgan fingerprint density at radius 2 is 1.95 bits per heavy atom. The Balaban J connectivity index is 1.98. The van der Waals surface area contributed by atoms with E-state index in [1.54, 1.807) is 0 Å². The minimum atomic E-state index is 0.0801. The zero-order valence-electron chi connectivity index (χ0n) is 14.2. The number of carbonyl (C=O) groups excluding carboxylic acids is 1. The molecule has 1 aliphatic heterocycles. The molecule has 2 rings (SSSR count). The molecule has 2 atom stereocenters. The molecule has 1 aliphatic carbocycles. The Kier molecular flexibility index (Phi) is 6.53. The Morgan fingerprint density at radius 3 is 2.57 bits per heavy atom. The molecule has 0 spiro atoms. The van der Waals surface area contributed by atoms with Gasteiger partial charge in [-0.2, -0.15) is 0 Å². The van der Waals surface area contributed by atoms with Crippen LogP contribution in [0.1, 0.15) is 72.1 Å². The van der Waals surface area contributed by atoms with Gasteiger partial charge >= 0.3 is 0 Å². The molecule has 2 unspecified atom stereocenters. The molecular weight excluding hydrogens is 260 g/mol. The molecule has 122 valence electrons. The lowest BCUT2D eigenvalue weighted by molar-refractivity contribution is -0.137. The number of rotatable bonds is 6. The Bertz CT molecular complexity index is 323. The highest BCUT2D eigenvalue weighted by atomic mass is 16.2. The molecule has 1 saturated heterocycles. The lowest BCUT2D eigenvalue weighted by Gasteiger charge is -2.36. The Labute approximate surface area is 130 Å². The fraction of sp³-hybridized carbons (Fsp3) is 0.944. The van der Waals surface area contributed by atoms with E-state index in [1.807, 2.05) is 0 Å². The van der Waals surface area contributed by atoms with Gasteiger partial charge in [0.05, 0.1) is 6.04 Å². The van der Waals surface area contributed by atoms with Gasteiger partial charge in [0.2, 0.25) is 5.91 Å². The third-order valence-corrected chi connectivity index (χ3v) is 5.38. The number of nitrogens with one attached hydrogen (secondary N) is 1. The first-order valence-electron chi connectivity index (χ1n) is 9.15. The van der Waals surface area contributed by atoms with Crippen molar-refractivity contribution in [1.29, 1.82) is 0 Å². The molecular formula is C18H34N2O. The fourth-order valence-electron chi connectivity index (χ4n) is 3.84. The van der Waals surface area contributed by atoms with E-state index < -0.39 is 0 Å². The monoisotopic (exact) mass is 294 g/mol. The predicted molar refractivity (Wildman–Crippen MR) is 88.2 cm³/mol. The second kappa shape index (κ2) is 8.17. The smallest absolute Gasteiger partial charge is 0.239 e. The van der Waals surface area contributed by atoms with E-state index in [9.17, 15) is 4.79 Å². The quantitative estimate of drug-likeness (QED) is 0.812. The number of nitrogens with zero attached hydrogens (tertiary/aromatic N) is 1. The molecule has 2 fully saturated rings. The molecule has 0 aromatic carbocycles. The summed E-state index contributed by atoms with van der Waals surface area (Å²) >= 11 is 0. The van der Waals surface area contributed by atoms with Gasteiger partial charge < -0.3 is 10.2 Å². The standard InChI is InChI=1S/C18H34N2O/c1-4-15-9-11-19-17(13-15)18(21)20(12-10-14(2)3)16-7-5-6-8-16/h14-17,19H,4-13H2,1-3H3. The maximum absolute atomic E-state index is 13.0. The lowest BCUT2D eigenvalue weighted by atomic mass is 9.89. The van der Waals surface area contributed by atoms with Crippen LogP contribution < -0.4 is 5.32 Å². The molecule has 1 saturated carbocycles. The van der Waals surface area contributed by atoms with Gasteiger partial charge in [0.1, 0.15) is 0 Å². The molecule has 2 aliphatic rings. The second-order valence-electron chi connectivity index (χ2n) is 7.46. The molecule has 0 bridgehead atoms. The molecule has 21 heavy (non-hydrogen) atoms. The summed E-state index contributed by atoms with van der Waals surface area (Å²) in [5.41, 5.74) is 0. The van der Waals surface area contributed by atoms with E-state index >= 15 is 0 Å². The number of amides is 1. The minimum Gasteiger partial charge on any atom is -0.338 e. The van der Waals surface area contributed by atoms with Crippen molar-refractivity contribution in [2.24, 2.45) is 11.8 Å². The Hall–Kier alpha value is -0.570. The van der Waals surface area contributed by atoms with Crippen LogP contribution in [-0.4, -0.2) is 36.0 Å². The largest absolute Gasteiger partial charge is 0.338 e. The van der Waals surface area contributed by atoms with Crippen molar-refractivity contribution in [3.8, 4) is 0 Å². The van der Waals surface area contributed by atoms with Crippen LogP contribution in [-0.2, 0) is 4.79 Å². The molecule has 0 aromatic heterocycles. The number of hydrogen-bond donors (Lipinski definition) is 1. The maximum atomic E-state index is 13.0. The summed E-state index contributed by atoms with van der Waals surface area (Å²) in [4.78, 5) is 15.3. The third-order valence-electron chi connectivity index (χ3n) is 5.38. The van der Waals surface area contributed by atoms with Crippen molar-refractivity contribution in [2.45, 2.75) is 84.2 Å². The highest BCUT2D eigenvalue weighted by Gasteiger charge is 2.33.